The number of carbonyl (C=O) groups excluding carboxylic acids is 2. The highest BCUT2D eigenvalue weighted by atomic mass is 32.2. The molecule has 0 saturated heterocycles. The fourth-order valence-electron chi connectivity index (χ4n) is 4.18. The second-order valence-electron chi connectivity index (χ2n) is 9.05. The average Bonchev–Trinajstić information content (AvgIpc) is 3.43. The summed E-state index contributed by atoms with van der Waals surface area (Å²) in [5, 5.41) is 14.4. The predicted octanol–water partition coefficient (Wildman–Crippen LogP) is 4.11. The number of halogens is 1. The van der Waals surface area contributed by atoms with Gasteiger partial charge in [-0.3, -0.25) is 14.2 Å². The number of rotatable bonds is 13. The highest BCUT2D eigenvalue weighted by Gasteiger charge is 2.23. The zero-order valence-corrected chi connectivity index (χ0v) is 25.4. The number of sulfonamides is 1. The molecular formula is C29H31FN6O5S2. The van der Waals surface area contributed by atoms with Crippen molar-refractivity contribution >= 4 is 39.3 Å². The summed E-state index contributed by atoms with van der Waals surface area (Å²) in [7, 11) is -2.12. The number of aromatic nitrogens is 3. The van der Waals surface area contributed by atoms with Crippen LogP contribution in [0.2, 0.25) is 0 Å². The second kappa shape index (κ2) is 14.3. The Balaban J connectivity index is 1.51. The monoisotopic (exact) mass is 626 g/mol. The molecule has 0 radical (unpaired) electrons. The van der Waals surface area contributed by atoms with Gasteiger partial charge in [-0.05, 0) is 60.7 Å². The van der Waals surface area contributed by atoms with Gasteiger partial charge in [0.25, 0.3) is 5.91 Å². The standard InChI is InChI=1S/C29H31FN6O5S2/c1-4-35(5-2)43(39,40)23-16-10-20(11-17-23)28(38)31-18-26-33-34-29(36(26)24-8-6-7-9-25(24)41-3)42-19-27(37)32-22-14-12-21(30)13-15-22/h6-17H,4-5,18-19H2,1-3H3,(H,31,38)(H,32,37). The minimum absolute atomic E-state index is 0.0141. The lowest BCUT2D eigenvalue weighted by Gasteiger charge is -2.18. The van der Waals surface area contributed by atoms with E-state index in [1.165, 1.54) is 59.9 Å². The van der Waals surface area contributed by atoms with Gasteiger partial charge in [0.1, 0.15) is 11.6 Å². The quantitative estimate of drug-likeness (QED) is 0.212. The van der Waals surface area contributed by atoms with Crippen molar-refractivity contribution in [3.05, 3.63) is 90.0 Å². The van der Waals surface area contributed by atoms with E-state index in [1.54, 1.807) is 36.6 Å². The van der Waals surface area contributed by atoms with E-state index in [0.29, 0.717) is 41.2 Å². The number of thioether (sulfide) groups is 1. The Kier molecular flexibility index (Phi) is 10.5. The third kappa shape index (κ3) is 7.58. The fourth-order valence-corrected chi connectivity index (χ4v) is 6.40. The number of para-hydroxylation sites is 2. The van der Waals surface area contributed by atoms with Crippen LogP contribution in [0.25, 0.3) is 5.69 Å². The van der Waals surface area contributed by atoms with Crippen molar-refractivity contribution in [3.63, 3.8) is 0 Å². The number of hydrogen-bond acceptors (Lipinski definition) is 8. The van der Waals surface area contributed by atoms with E-state index in [4.69, 9.17) is 4.74 Å². The smallest absolute Gasteiger partial charge is 0.251 e. The van der Waals surface area contributed by atoms with Gasteiger partial charge in [-0.2, -0.15) is 4.31 Å². The minimum atomic E-state index is -3.65. The number of hydrogen-bond donors (Lipinski definition) is 2. The van der Waals surface area contributed by atoms with Crippen LogP contribution in [0.1, 0.15) is 30.0 Å². The first-order chi connectivity index (χ1) is 20.7. The molecule has 11 nitrogen and oxygen atoms in total. The maximum Gasteiger partial charge on any atom is 0.251 e. The van der Waals surface area contributed by atoms with Crippen LogP contribution in [-0.4, -0.2) is 65.3 Å². The zero-order chi connectivity index (χ0) is 31.0. The summed E-state index contributed by atoms with van der Waals surface area (Å²) in [6.45, 7) is 4.19. The zero-order valence-electron chi connectivity index (χ0n) is 23.8. The Labute approximate surface area is 253 Å². The molecule has 2 amide bonds. The maximum atomic E-state index is 13.2. The molecule has 0 saturated carbocycles. The third-order valence-electron chi connectivity index (χ3n) is 6.35. The molecule has 1 heterocycles. The molecule has 0 aliphatic carbocycles. The molecule has 0 atom stereocenters. The molecule has 0 fully saturated rings. The predicted molar refractivity (Wildman–Crippen MR) is 161 cm³/mol. The molecule has 0 aliphatic rings. The molecule has 1 aromatic heterocycles. The molecule has 4 aromatic rings. The molecule has 2 N–H and O–H groups in total. The van der Waals surface area contributed by atoms with Crippen molar-refractivity contribution in [2.45, 2.75) is 30.4 Å². The molecular weight excluding hydrogens is 595 g/mol. The van der Waals surface area contributed by atoms with Crippen LogP contribution < -0.4 is 15.4 Å². The summed E-state index contributed by atoms with van der Waals surface area (Å²) >= 11 is 1.13. The first-order valence-electron chi connectivity index (χ1n) is 13.3. The maximum absolute atomic E-state index is 13.2. The Hall–Kier alpha value is -4.27. The SMILES string of the molecule is CCN(CC)S(=O)(=O)c1ccc(C(=O)NCc2nnc(SCC(=O)Nc3ccc(F)cc3)n2-c2ccccc2OC)cc1. The second-order valence-corrected chi connectivity index (χ2v) is 11.9. The Bertz CT molecular complexity index is 1670. The lowest BCUT2D eigenvalue weighted by Crippen LogP contribution is -2.30. The lowest BCUT2D eigenvalue weighted by molar-refractivity contribution is -0.113. The molecule has 0 bridgehead atoms. The van der Waals surface area contributed by atoms with Crippen molar-refractivity contribution in [2.75, 3.05) is 31.3 Å². The number of nitrogens with one attached hydrogen (secondary N) is 2. The summed E-state index contributed by atoms with van der Waals surface area (Å²) in [5.74, 6) is -0.281. The van der Waals surface area contributed by atoms with Crippen molar-refractivity contribution in [2.24, 2.45) is 0 Å². The first kappa shape index (κ1) is 31.7. The van der Waals surface area contributed by atoms with Gasteiger partial charge in [0.2, 0.25) is 15.9 Å². The van der Waals surface area contributed by atoms with E-state index in [9.17, 15) is 22.4 Å². The highest BCUT2D eigenvalue weighted by Crippen LogP contribution is 2.29. The highest BCUT2D eigenvalue weighted by molar-refractivity contribution is 7.99. The molecule has 3 aromatic carbocycles. The largest absolute Gasteiger partial charge is 0.495 e. The van der Waals surface area contributed by atoms with Gasteiger partial charge in [0.15, 0.2) is 11.0 Å². The minimum Gasteiger partial charge on any atom is -0.495 e. The van der Waals surface area contributed by atoms with Crippen molar-refractivity contribution < 1.29 is 27.1 Å². The number of methoxy groups -OCH3 is 1. The third-order valence-corrected chi connectivity index (χ3v) is 9.35. The normalized spacial score (nSPS) is 11.4. The van der Waals surface area contributed by atoms with Crippen LogP contribution in [0, 0.1) is 5.82 Å². The van der Waals surface area contributed by atoms with E-state index >= 15 is 0 Å². The number of benzene rings is 3. The van der Waals surface area contributed by atoms with Crippen molar-refractivity contribution in [1.82, 2.24) is 24.4 Å². The fraction of sp³-hybridized carbons (Fsp3) is 0.241. The first-order valence-corrected chi connectivity index (χ1v) is 15.7. The van der Waals surface area contributed by atoms with Crippen molar-refractivity contribution in [1.29, 1.82) is 0 Å². The van der Waals surface area contributed by atoms with E-state index < -0.39 is 21.7 Å². The molecule has 0 spiro atoms. The summed E-state index contributed by atoms with van der Waals surface area (Å²) in [6.07, 6.45) is 0. The number of carbonyl (C=O) groups is 2. The van der Waals surface area contributed by atoms with E-state index in [2.05, 4.69) is 20.8 Å². The Morgan fingerprint density at radius 3 is 2.30 bits per heavy atom. The van der Waals surface area contributed by atoms with Gasteiger partial charge in [0.05, 0.1) is 30.0 Å². The van der Waals surface area contributed by atoms with E-state index in [-0.39, 0.29) is 28.7 Å². The molecule has 4 rings (SSSR count). The van der Waals surface area contributed by atoms with Gasteiger partial charge in [-0.25, -0.2) is 12.8 Å². The molecule has 226 valence electrons. The Morgan fingerprint density at radius 1 is 0.977 bits per heavy atom. The van der Waals surface area contributed by atoms with Gasteiger partial charge < -0.3 is 15.4 Å². The number of nitrogens with zero attached hydrogens (tertiary/aromatic N) is 4. The molecule has 43 heavy (non-hydrogen) atoms. The van der Waals surface area contributed by atoms with Gasteiger partial charge in [-0.1, -0.05) is 37.7 Å². The lowest BCUT2D eigenvalue weighted by atomic mass is 10.2. The molecule has 0 unspecified atom stereocenters. The number of amides is 2. The van der Waals surface area contributed by atoms with E-state index in [1.807, 2.05) is 6.07 Å². The van der Waals surface area contributed by atoms with Gasteiger partial charge >= 0.3 is 0 Å². The van der Waals surface area contributed by atoms with Crippen LogP contribution in [0.3, 0.4) is 0 Å². The van der Waals surface area contributed by atoms with Gasteiger partial charge in [-0.15, -0.1) is 10.2 Å². The van der Waals surface area contributed by atoms with Gasteiger partial charge in [0, 0.05) is 24.3 Å². The summed E-state index contributed by atoms with van der Waals surface area (Å²) in [5.41, 5.74) is 1.33. The van der Waals surface area contributed by atoms with Crippen molar-refractivity contribution in [3.8, 4) is 11.4 Å². The van der Waals surface area contributed by atoms with E-state index in [0.717, 1.165) is 11.8 Å². The van der Waals surface area contributed by atoms with Crippen LogP contribution in [-0.2, 0) is 21.4 Å². The number of ether oxygens (including phenoxy) is 1. The van der Waals surface area contributed by atoms with Crippen LogP contribution in [0.4, 0.5) is 10.1 Å². The van der Waals surface area contributed by atoms with Crippen LogP contribution in [0.5, 0.6) is 5.75 Å². The Morgan fingerprint density at radius 2 is 1.65 bits per heavy atom. The molecule has 0 aliphatic heterocycles. The summed E-state index contributed by atoms with van der Waals surface area (Å²) in [4.78, 5) is 25.7. The summed E-state index contributed by atoms with van der Waals surface area (Å²) in [6, 6.07) is 18.3. The topological polar surface area (TPSA) is 136 Å². The van der Waals surface area contributed by atoms with Crippen LogP contribution in [0.15, 0.2) is 82.8 Å². The summed E-state index contributed by atoms with van der Waals surface area (Å²) < 4.78 is 47.3. The van der Waals surface area contributed by atoms with Crippen LogP contribution >= 0.6 is 11.8 Å². The number of anilines is 1. The molecule has 14 heteroatoms. The average molecular weight is 627 g/mol.